The van der Waals surface area contributed by atoms with Crippen molar-refractivity contribution in [3.63, 3.8) is 0 Å². The maximum absolute atomic E-state index is 5.57. The van der Waals surface area contributed by atoms with E-state index in [-0.39, 0.29) is 0 Å². The standard InChI is InChI=1S/C9H19NS/c1-8(7-10)11-9-5-3-2-4-6-9/h8-9H,2-7,10H2,1H3. The first kappa shape index (κ1) is 9.40. The van der Waals surface area contributed by atoms with Crippen molar-refractivity contribution in [2.24, 2.45) is 5.73 Å². The minimum atomic E-state index is 0.665. The lowest BCUT2D eigenvalue weighted by Crippen LogP contribution is -2.18. The molecule has 1 aliphatic carbocycles. The van der Waals surface area contributed by atoms with Crippen LogP contribution in [-0.2, 0) is 0 Å². The van der Waals surface area contributed by atoms with E-state index in [1.165, 1.54) is 32.1 Å². The van der Waals surface area contributed by atoms with Crippen LogP contribution in [0.4, 0.5) is 0 Å². The van der Waals surface area contributed by atoms with Crippen molar-refractivity contribution in [3.8, 4) is 0 Å². The monoisotopic (exact) mass is 173 g/mol. The van der Waals surface area contributed by atoms with Crippen molar-refractivity contribution >= 4 is 11.8 Å². The summed E-state index contributed by atoms with van der Waals surface area (Å²) in [5.41, 5.74) is 5.57. The third-order valence-corrected chi connectivity index (χ3v) is 3.82. The summed E-state index contributed by atoms with van der Waals surface area (Å²) in [6.07, 6.45) is 7.18. The number of thioether (sulfide) groups is 1. The van der Waals surface area contributed by atoms with Gasteiger partial charge in [-0.25, -0.2) is 0 Å². The van der Waals surface area contributed by atoms with E-state index in [1.807, 2.05) is 0 Å². The molecule has 2 heteroatoms. The molecule has 0 bridgehead atoms. The Hall–Kier alpha value is 0.310. The predicted octanol–water partition coefficient (Wildman–Crippen LogP) is 2.40. The lowest BCUT2D eigenvalue weighted by Gasteiger charge is -2.23. The number of rotatable bonds is 3. The predicted molar refractivity (Wildman–Crippen MR) is 53.0 cm³/mol. The van der Waals surface area contributed by atoms with Crippen LogP contribution in [0.5, 0.6) is 0 Å². The molecule has 0 aliphatic heterocycles. The van der Waals surface area contributed by atoms with Crippen LogP contribution in [0.3, 0.4) is 0 Å². The van der Waals surface area contributed by atoms with Gasteiger partial charge in [0.05, 0.1) is 0 Å². The van der Waals surface area contributed by atoms with Gasteiger partial charge in [-0.1, -0.05) is 26.2 Å². The molecule has 2 N–H and O–H groups in total. The van der Waals surface area contributed by atoms with Gasteiger partial charge in [0.1, 0.15) is 0 Å². The topological polar surface area (TPSA) is 26.0 Å². The van der Waals surface area contributed by atoms with Gasteiger partial charge < -0.3 is 5.73 Å². The molecule has 11 heavy (non-hydrogen) atoms. The number of hydrogen-bond acceptors (Lipinski definition) is 2. The van der Waals surface area contributed by atoms with E-state index in [1.54, 1.807) is 0 Å². The average molecular weight is 173 g/mol. The average Bonchev–Trinajstić information content (AvgIpc) is 2.06. The Labute approximate surface area is 74.1 Å². The SMILES string of the molecule is CC(CN)SC1CCCCC1. The largest absolute Gasteiger partial charge is 0.329 e. The van der Waals surface area contributed by atoms with E-state index < -0.39 is 0 Å². The third kappa shape index (κ3) is 3.48. The molecule has 1 rings (SSSR count). The Bertz CT molecular complexity index is 99.7. The molecular formula is C9H19NS. The molecule has 1 fully saturated rings. The number of hydrogen-bond donors (Lipinski definition) is 1. The van der Waals surface area contributed by atoms with Crippen LogP contribution in [0, 0.1) is 0 Å². The lowest BCUT2D eigenvalue weighted by molar-refractivity contribution is 0.515. The molecule has 0 aromatic carbocycles. The van der Waals surface area contributed by atoms with Gasteiger partial charge in [-0.15, -0.1) is 0 Å². The summed E-state index contributed by atoms with van der Waals surface area (Å²) in [5.74, 6) is 0. The van der Waals surface area contributed by atoms with Crippen LogP contribution in [-0.4, -0.2) is 17.0 Å². The summed E-state index contributed by atoms with van der Waals surface area (Å²) in [6, 6.07) is 0. The number of nitrogens with two attached hydrogens (primary N) is 1. The Balaban J connectivity index is 2.13. The van der Waals surface area contributed by atoms with Crippen LogP contribution < -0.4 is 5.73 Å². The van der Waals surface area contributed by atoms with Crippen LogP contribution >= 0.6 is 11.8 Å². The highest BCUT2D eigenvalue weighted by molar-refractivity contribution is 8.00. The quantitative estimate of drug-likeness (QED) is 0.709. The highest BCUT2D eigenvalue weighted by Gasteiger charge is 2.15. The maximum Gasteiger partial charge on any atom is 0.0144 e. The molecule has 66 valence electrons. The van der Waals surface area contributed by atoms with Gasteiger partial charge in [-0.2, -0.15) is 11.8 Å². The summed E-state index contributed by atoms with van der Waals surface area (Å²) in [5, 5.41) is 1.58. The second kappa shape index (κ2) is 5.04. The van der Waals surface area contributed by atoms with Crippen LogP contribution in [0.1, 0.15) is 39.0 Å². The smallest absolute Gasteiger partial charge is 0.0144 e. The molecular weight excluding hydrogens is 154 g/mol. The van der Waals surface area contributed by atoms with Gasteiger partial charge in [-0.3, -0.25) is 0 Å². The third-order valence-electron chi connectivity index (χ3n) is 2.31. The van der Waals surface area contributed by atoms with Crippen molar-refractivity contribution in [2.45, 2.75) is 49.5 Å². The van der Waals surface area contributed by atoms with E-state index >= 15 is 0 Å². The first-order valence-electron chi connectivity index (χ1n) is 4.68. The van der Waals surface area contributed by atoms with Crippen LogP contribution in [0.25, 0.3) is 0 Å². The lowest BCUT2D eigenvalue weighted by atomic mass is 10.0. The molecule has 0 spiro atoms. The minimum absolute atomic E-state index is 0.665. The second-order valence-corrected chi connectivity index (χ2v) is 5.19. The molecule has 0 radical (unpaired) electrons. The van der Waals surface area contributed by atoms with E-state index in [4.69, 9.17) is 5.73 Å². The summed E-state index contributed by atoms with van der Waals surface area (Å²) in [7, 11) is 0. The van der Waals surface area contributed by atoms with E-state index in [9.17, 15) is 0 Å². The molecule has 0 aromatic rings. The van der Waals surface area contributed by atoms with Gasteiger partial charge in [0.2, 0.25) is 0 Å². The molecule has 1 nitrogen and oxygen atoms in total. The Kier molecular flexibility index (Phi) is 4.31. The molecule has 1 unspecified atom stereocenters. The van der Waals surface area contributed by atoms with Crippen LogP contribution in [0.2, 0.25) is 0 Å². The summed E-state index contributed by atoms with van der Waals surface area (Å²) >= 11 is 2.10. The van der Waals surface area contributed by atoms with Gasteiger partial charge in [-0.05, 0) is 12.8 Å². The van der Waals surface area contributed by atoms with E-state index in [0.717, 1.165) is 11.8 Å². The van der Waals surface area contributed by atoms with Crippen molar-refractivity contribution < 1.29 is 0 Å². The van der Waals surface area contributed by atoms with Gasteiger partial charge in [0.25, 0.3) is 0 Å². The molecule has 0 aromatic heterocycles. The van der Waals surface area contributed by atoms with Crippen molar-refractivity contribution in [2.75, 3.05) is 6.54 Å². The van der Waals surface area contributed by atoms with Gasteiger partial charge in [0, 0.05) is 17.0 Å². The molecule has 1 aliphatic rings. The fraction of sp³-hybridized carbons (Fsp3) is 1.00. The highest BCUT2D eigenvalue weighted by Crippen LogP contribution is 2.30. The Morgan fingerprint density at radius 3 is 2.55 bits per heavy atom. The van der Waals surface area contributed by atoms with E-state index in [0.29, 0.717) is 5.25 Å². The fourth-order valence-electron chi connectivity index (χ4n) is 1.59. The normalized spacial score (nSPS) is 23.5. The first-order valence-corrected chi connectivity index (χ1v) is 5.62. The van der Waals surface area contributed by atoms with Gasteiger partial charge >= 0.3 is 0 Å². The van der Waals surface area contributed by atoms with E-state index in [2.05, 4.69) is 18.7 Å². The molecule has 0 heterocycles. The Morgan fingerprint density at radius 2 is 2.00 bits per heavy atom. The molecule has 1 atom stereocenters. The Morgan fingerprint density at radius 1 is 1.36 bits per heavy atom. The molecule has 0 saturated heterocycles. The van der Waals surface area contributed by atoms with Crippen molar-refractivity contribution in [1.82, 2.24) is 0 Å². The zero-order valence-electron chi connectivity index (χ0n) is 7.38. The zero-order valence-corrected chi connectivity index (χ0v) is 8.20. The van der Waals surface area contributed by atoms with Crippen molar-refractivity contribution in [1.29, 1.82) is 0 Å². The first-order chi connectivity index (χ1) is 5.33. The minimum Gasteiger partial charge on any atom is -0.329 e. The highest BCUT2D eigenvalue weighted by atomic mass is 32.2. The summed E-state index contributed by atoms with van der Waals surface area (Å²) < 4.78 is 0. The van der Waals surface area contributed by atoms with Crippen LogP contribution in [0.15, 0.2) is 0 Å². The summed E-state index contributed by atoms with van der Waals surface area (Å²) in [6.45, 7) is 3.07. The zero-order chi connectivity index (χ0) is 8.10. The fourth-order valence-corrected chi connectivity index (χ4v) is 2.96. The van der Waals surface area contributed by atoms with Crippen molar-refractivity contribution in [3.05, 3.63) is 0 Å². The van der Waals surface area contributed by atoms with Gasteiger partial charge in [0.15, 0.2) is 0 Å². The maximum atomic E-state index is 5.57. The summed E-state index contributed by atoms with van der Waals surface area (Å²) in [4.78, 5) is 0. The second-order valence-electron chi connectivity index (χ2n) is 3.44. The molecule has 1 saturated carbocycles. The molecule has 0 amide bonds.